The van der Waals surface area contributed by atoms with Crippen LogP contribution in [0.2, 0.25) is 0 Å². The summed E-state index contributed by atoms with van der Waals surface area (Å²) in [7, 11) is 0. The summed E-state index contributed by atoms with van der Waals surface area (Å²) in [6.07, 6.45) is 1.64. The topological polar surface area (TPSA) is 111 Å². The fourth-order valence-electron chi connectivity index (χ4n) is 1.14. The zero-order valence-corrected chi connectivity index (χ0v) is 12.0. The molecule has 0 saturated heterocycles. The number of carbonyl (C=O) groups excluding carboxylic acids is 1. The second kappa shape index (κ2) is 5.97. The van der Waals surface area contributed by atoms with Crippen LogP contribution in [0.1, 0.15) is 19.9 Å². The standard InChI is InChI=1S/C9H12N6O2S2/c1-5(2)15-3-7(17-14-15)11-6(16)4-18-9-13-12-8(10)19-9/h3,5H,4H2,1-2H3,(H2-,10,11,12,14,16)/p+1. The first-order valence-electron chi connectivity index (χ1n) is 5.44. The molecule has 10 heteroatoms. The average molecular weight is 301 g/mol. The predicted molar refractivity (Wildman–Crippen MR) is 70.8 cm³/mol. The van der Waals surface area contributed by atoms with Crippen LogP contribution in [0.5, 0.6) is 0 Å². The molecule has 0 aliphatic rings. The van der Waals surface area contributed by atoms with Gasteiger partial charge in [0.25, 0.3) is 6.20 Å². The Labute approximate surface area is 117 Å². The Morgan fingerprint density at radius 3 is 3.00 bits per heavy atom. The molecule has 102 valence electrons. The molecule has 0 bridgehead atoms. The average Bonchev–Trinajstić information content (AvgIpc) is 2.96. The Kier molecular flexibility index (Phi) is 4.32. The van der Waals surface area contributed by atoms with Gasteiger partial charge in [-0.1, -0.05) is 23.1 Å². The first-order chi connectivity index (χ1) is 9.04. The lowest BCUT2D eigenvalue weighted by atomic mass is 10.4. The van der Waals surface area contributed by atoms with Gasteiger partial charge >= 0.3 is 5.88 Å². The molecule has 0 unspecified atom stereocenters. The molecule has 0 radical (unpaired) electrons. The van der Waals surface area contributed by atoms with Crippen LogP contribution in [0.25, 0.3) is 0 Å². The van der Waals surface area contributed by atoms with Crippen molar-refractivity contribution in [1.29, 1.82) is 0 Å². The van der Waals surface area contributed by atoms with Crippen LogP contribution in [-0.2, 0) is 4.79 Å². The number of hydrogen-bond donors (Lipinski definition) is 2. The summed E-state index contributed by atoms with van der Waals surface area (Å²) < 4.78 is 7.25. The number of carbonyl (C=O) groups is 1. The number of thioether (sulfide) groups is 1. The number of aromatic nitrogens is 4. The lowest BCUT2D eigenvalue weighted by Gasteiger charge is -1.96. The van der Waals surface area contributed by atoms with Gasteiger partial charge in [0, 0.05) is 0 Å². The molecular formula is C9H13N6O2S2+. The maximum absolute atomic E-state index is 11.7. The minimum absolute atomic E-state index is 0.174. The quantitative estimate of drug-likeness (QED) is 0.618. The molecule has 2 aromatic rings. The van der Waals surface area contributed by atoms with Crippen LogP contribution in [0, 0.1) is 0 Å². The van der Waals surface area contributed by atoms with E-state index in [9.17, 15) is 4.79 Å². The molecule has 0 spiro atoms. The van der Waals surface area contributed by atoms with Crippen molar-refractivity contribution >= 4 is 40.0 Å². The first kappa shape index (κ1) is 13.7. The minimum atomic E-state index is -0.203. The highest BCUT2D eigenvalue weighted by atomic mass is 32.2. The lowest BCUT2D eigenvalue weighted by molar-refractivity contribution is -0.779. The molecule has 1 amide bonds. The normalized spacial score (nSPS) is 10.9. The maximum atomic E-state index is 11.7. The Bertz CT molecular complexity index is 567. The van der Waals surface area contributed by atoms with E-state index in [1.165, 1.54) is 23.1 Å². The molecule has 0 aromatic carbocycles. The number of anilines is 2. The van der Waals surface area contributed by atoms with Crippen molar-refractivity contribution in [2.75, 3.05) is 16.8 Å². The second-order valence-electron chi connectivity index (χ2n) is 3.88. The van der Waals surface area contributed by atoms with E-state index in [-0.39, 0.29) is 17.7 Å². The van der Waals surface area contributed by atoms with Crippen molar-refractivity contribution in [3.05, 3.63) is 6.20 Å². The summed E-state index contributed by atoms with van der Waals surface area (Å²) in [6, 6.07) is 0.174. The molecule has 2 aromatic heterocycles. The second-order valence-corrected chi connectivity index (χ2v) is 6.11. The number of hydrogen-bond acceptors (Lipinski definition) is 8. The van der Waals surface area contributed by atoms with Gasteiger partial charge in [0.15, 0.2) is 10.4 Å². The van der Waals surface area contributed by atoms with Gasteiger partial charge in [0.05, 0.1) is 5.75 Å². The van der Waals surface area contributed by atoms with Gasteiger partial charge in [-0.25, -0.2) is 0 Å². The lowest BCUT2D eigenvalue weighted by Crippen LogP contribution is -2.36. The summed E-state index contributed by atoms with van der Waals surface area (Å²) in [4.78, 5) is 11.7. The van der Waals surface area contributed by atoms with Crippen molar-refractivity contribution < 1.29 is 14.0 Å². The van der Waals surface area contributed by atoms with E-state index in [0.29, 0.717) is 15.4 Å². The third-order valence-electron chi connectivity index (χ3n) is 2.02. The van der Waals surface area contributed by atoms with E-state index in [1.807, 2.05) is 13.8 Å². The molecule has 2 rings (SSSR count). The number of nitrogen functional groups attached to an aromatic ring is 1. The third-order valence-corrected chi connectivity index (χ3v) is 3.91. The Morgan fingerprint density at radius 1 is 1.63 bits per heavy atom. The summed E-state index contributed by atoms with van der Waals surface area (Å²) in [5.74, 6) is 0.318. The summed E-state index contributed by atoms with van der Waals surface area (Å²) in [6.45, 7) is 3.92. The summed E-state index contributed by atoms with van der Waals surface area (Å²) in [5.41, 5.74) is 5.44. The van der Waals surface area contributed by atoms with Crippen molar-refractivity contribution in [3.8, 4) is 0 Å². The van der Waals surface area contributed by atoms with Crippen molar-refractivity contribution in [2.45, 2.75) is 24.2 Å². The number of amides is 1. The van der Waals surface area contributed by atoms with Gasteiger partial charge in [-0.3, -0.25) is 14.6 Å². The van der Waals surface area contributed by atoms with E-state index in [1.54, 1.807) is 10.9 Å². The van der Waals surface area contributed by atoms with Crippen LogP contribution in [-0.4, -0.2) is 27.1 Å². The van der Waals surface area contributed by atoms with E-state index in [0.717, 1.165) is 0 Å². The fourth-order valence-corrected chi connectivity index (χ4v) is 2.57. The van der Waals surface area contributed by atoms with Crippen molar-refractivity contribution in [1.82, 2.24) is 15.5 Å². The predicted octanol–water partition coefficient (Wildman–Crippen LogP) is 0.708. The highest BCUT2D eigenvalue weighted by Crippen LogP contribution is 2.23. The molecule has 0 saturated carbocycles. The number of nitrogens with zero attached hydrogens (tertiary/aromatic N) is 4. The van der Waals surface area contributed by atoms with E-state index >= 15 is 0 Å². The smallest absolute Gasteiger partial charge is 0.302 e. The number of nitrogens with one attached hydrogen (secondary N) is 1. The maximum Gasteiger partial charge on any atom is 0.302 e. The van der Waals surface area contributed by atoms with Crippen LogP contribution < -0.4 is 15.7 Å². The van der Waals surface area contributed by atoms with Crippen LogP contribution in [0.4, 0.5) is 11.0 Å². The summed E-state index contributed by atoms with van der Waals surface area (Å²) in [5, 5.41) is 14.2. The van der Waals surface area contributed by atoms with E-state index in [4.69, 9.17) is 10.3 Å². The fraction of sp³-hybridized carbons (Fsp3) is 0.444. The Morgan fingerprint density at radius 2 is 2.42 bits per heavy atom. The van der Waals surface area contributed by atoms with E-state index < -0.39 is 0 Å². The molecule has 19 heavy (non-hydrogen) atoms. The molecule has 0 aliphatic heterocycles. The molecule has 3 N–H and O–H groups in total. The molecule has 0 atom stereocenters. The zero-order chi connectivity index (χ0) is 13.8. The third kappa shape index (κ3) is 3.89. The van der Waals surface area contributed by atoms with Gasteiger partial charge in [-0.15, -0.1) is 10.2 Å². The van der Waals surface area contributed by atoms with Gasteiger partial charge in [0.2, 0.25) is 16.3 Å². The number of nitrogens with two attached hydrogens (primary N) is 1. The molecular weight excluding hydrogens is 288 g/mol. The number of rotatable bonds is 5. The first-order valence-corrected chi connectivity index (χ1v) is 7.24. The molecule has 0 aliphatic carbocycles. The van der Waals surface area contributed by atoms with Gasteiger partial charge in [-0.2, -0.15) is 0 Å². The van der Waals surface area contributed by atoms with Crippen LogP contribution in [0.15, 0.2) is 15.1 Å². The van der Waals surface area contributed by atoms with Gasteiger partial charge in [-0.05, 0) is 18.5 Å². The highest BCUT2D eigenvalue weighted by Gasteiger charge is 2.17. The largest absolute Gasteiger partial charge is 0.374 e. The van der Waals surface area contributed by atoms with Gasteiger partial charge in [0.1, 0.15) is 0 Å². The van der Waals surface area contributed by atoms with Crippen molar-refractivity contribution in [3.63, 3.8) is 0 Å². The Hall–Kier alpha value is -1.68. The van der Waals surface area contributed by atoms with Crippen LogP contribution >= 0.6 is 23.1 Å². The van der Waals surface area contributed by atoms with Crippen molar-refractivity contribution in [2.24, 2.45) is 0 Å². The molecule has 8 nitrogen and oxygen atoms in total. The van der Waals surface area contributed by atoms with Crippen LogP contribution in [0.3, 0.4) is 0 Å². The SMILES string of the molecule is CC(C)[n+]1cc(NC(=O)CSc2nnc(N)s2)on1. The molecule has 2 heterocycles. The summed E-state index contributed by atoms with van der Waals surface area (Å²) >= 11 is 2.51. The zero-order valence-electron chi connectivity index (χ0n) is 10.4. The highest BCUT2D eigenvalue weighted by molar-refractivity contribution is 8.01. The van der Waals surface area contributed by atoms with Gasteiger partial charge < -0.3 is 5.73 Å². The monoisotopic (exact) mass is 301 g/mol. The Balaban J connectivity index is 1.83. The molecule has 0 fully saturated rings. The van der Waals surface area contributed by atoms with E-state index in [2.05, 4.69) is 20.8 Å². The minimum Gasteiger partial charge on any atom is -0.374 e.